The number of rotatable bonds is 22. The van der Waals surface area contributed by atoms with Crippen molar-refractivity contribution < 1.29 is 52.5 Å². The van der Waals surface area contributed by atoms with E-state index < -0.39 is 23.9 Å². The van der Waals surface area contributed by atoms with Gasteiger partial charge < -0.3 is 44.7 Å². The van der Waals surface area contributed by atoms with E-state index in [4.69, 9.17) is 23.9 Å². The monoisotopic (exact) mass is 1100 g/mol. The van der Waals surface area contributed by atoms with Crippen molar-refractivity contribution in [2.45, 2.75) is 103 Å². The highest BCUT2D eigenvalue weighted by molar-refractivity contribution is 9.12. The van der Waals surface area contributed by atoms with Crippen LogP contribution in [0, 0.1) is 11.8 Å². The molecule has 1 fully saturated rings. The van der Waals surface area contributed by atoms with E-state index in [2.05, 4.69) is 36.9 Å². The number of anilines is 1. The summed E-state index contributed by atoms with van der Waals surface area (Å²) in [5.74, 6) is -0.329. The van der Waals surface area contributed by atoms with Gasteiger partial charge in [-0.2, -0.15) is 0 Å². The lowest BCUT2D eigenvalue weighted by molar-refractivity contribution is -0.137. The maximum absolute atomic E-state index is 14.1. The lowest BCUT2D eigenvalue weighted by atomic mass is 10.0. The van der Waals surface area contributed by atoms with Crippen LogP contribution in [-0.2, 0) is 24.0 Å². The number of imide groups is 1. The fourth-order valence-corrected chi connectivity index (χ4v) is 10.1. The van der Waals surface area contributed by atoms with Crippen LogP contribution in [-0.4, -0.2) is 127 Å². The molecule has 1 aliphatic carbocycles. The molecule has 5 heterocycles. The Morgan fingerprint density at radius 2 is 1.32 bits per heavy atom. The van der Waals surface area contributed by atoms with Crippen molar-refractivity contribution in [2.75, 3.05) is 39.3 Å². The van der Waals surface area contributed by atoms with Gasteiger partial charge in [-0.1, -0.05) is 32.4 Å². The smallest absolute Gasteiger partial charge is 0.267 e. The number of carbonyl (C=O) groups is 7. The molecular weight excluding hydrogens is 1040 g/mol. The molecule has 76 heavy (non-hydrogen) atoms. The van der Waals surface area contributed by atoms with Gasteiger partial charge in [0.05, 0.1) is 66.5 Å². The number of methoxy groups -OCH3 is 2. The van der Waals surface area contributed by atoms with Crippen LogP contribution in [0.4, 0.5) is 17.1 Å². The van der Waals surface area contributed by atoms with Crippen molar-refractivity contribution in [1.82, 2.24) is 25.3 Å². The highest BCUT2D eigenvalue weighted by Gasteiger charge is 2.39. The van der Waals surface area contributed by atoms with Gasteiger partial charge in [0.1, 0.15) is 12.1 Å². The maximum Gasteiger partial charge on any atom is 0.267 e. The number of hydrogen-bond acceptors (Lipinski definition) is 13. The molecule has 0 bridgehead atoms. The van der Waals surface area contributed by atoms with Crippen molar-refractivity contribution in [3.8, 4) is 23.0 Å². The third-order valence-electron chi connectivity index (χ3n) is 14.2. The van der Waals surface area contributed by atoms with Gasteiger partial charge in [0.25, 0.3) is 23.6 Å². The van der Waals surface area contributed by atoms with Crippen LogP contribution in [0.2, 0.25) is 0 Å². The Bertz CT molecular complexity index is 3000. The minimum Gasteiger partial charge on any atom is -0.493 e. The minimum atomic E-state index is -0.924. The first-order chi connectivity index (χ1) is 36.6. The molecule has 19 nitrogen and oxygen atoms in total. The van der Waals surface area contributed by atoms with Gasteiger partial charge in [-0.3, -0.25) is 48.4 Å². The molecule has 0 aromatic heterocycles. The van der Waals surface area contributed by atoms with Crippen LogP contribution in [0.3, 0.4) is 0 Å². The molecule has 0 saturated heterocycles. The second kappa shape index (κ2) is 23.1. The van der Waals surface area contributed by atoms with E-state index in [1.807, 2.05) is 30.7 Å². The Kier molecular flexibility index (Phi) is 16.2. The predicted molar refractivity (Wildman–Crippen MR) is 287 cm³/mol. The van der Waals surface area contributed by atoms with Gasteiger partial charge in [-0.15, -0.1) is 0 Å². The molecule has 0 radical (unpaired) electrons. The Morgan fingerprint density at radius 3 is 1.88 bits per heavy atom. The number of aliphatic imine (C=N–C) groups is 2. The van der Waals surface area contributed by atoms with Crippen molar-refractivity contribution in [3.63, 3.8) is 0 Å². The third-order valence-corrected chi connectivity index (χ3v) is 14.7. The number of halogens is 1. The van der Waals surface area contributed by atoms with E-state index >= 15 is 0 Å². The Labute approximate surface area is 448 Å². The fourth-order valence-electron chi connectivity index (χ4n) is 9.71. The van der Waals surface area contributed by atoms with Gasteiger partial charge in [-0.25, -0.2) is 0 Å². The molecule has 3 aromatic rings. The summed E-state index contributed by atoms with van der Waals surface area (Å²) in [5, 5.41) is 8.34. The summed E-state index contributed by atoms with van der Waals surface area (Å²) >= 11 is 3.08. The lowest BCUT2D eigenvalue weighted by Crippen LogP contribution is -2.53. The average molecular weight is 1100 g/mol. The second-order valence-corrected chi connectivity index (χ2v) is 20.8. The third kappa shape index (κ3) is 11.8. The molecule has 4 atom stereocenters. The molecule has 9 rings (SSSR count). The molecular formula is C56H61BrN8O11. The predicted octanol–water partition coefficient (Wildman–Crippen LogP) is 7.54. The molecule has 7 amide bonds. The molecule has 0 unspecified atom stereocenters. The van der Waals surface area contributed by atoms with Gasteiger partial charge in [0.15, 0.2) is 23.0 Å². The number of carbonyl (C=O) groups excluding carboxylic acids is 7. The van der Waals surface area contributed by atoms with Gasteiger partial charge in [0, 0.05) is 74.5 Å². The first-order valence-electron chi connectivity index (χ1n) is 25.7. The normalized spacial score (nSPS) is 19.1. The summed E-state index contributed by atoms with van der Waals surface area (Å²) in [6.07, 6.45) is 14.6. The highest BCUT2D eigenvalue weighted by atomic mass is 79.9. The van der Waals surface area contributed by atoms with Crippen LogP contribution < -0.4 is 34.9 Å². The molecule has 0 spiro atoms. The van der Waals surface area contributed by atoms with Crippen LogP contribution in [0.15, 0.2) is 87.0 Å². The number of nitrogens with one attached hydrogen (secondary N) is 3. The van der Waals surface area contributed by atoms with E-state index in [9.17, 15) is 33.6 Å². The molecule has 6 aliphatic rings. The molecule has 398 valence electrons. The van der Waals surface area contributed by atoms with E-state index in [-0.39, 0.29) is 78.2 Å². The number of hydrogen-bond donors (Lipinski definition) is 3. The lowest BCUT2D eigenvalue weighted by Gasteiger charge is -2.24. The summed E-state index contributed by atoms with van der Waals surface area (Å²) in [7, 11) is 3.05. The molecule has 20 heteroatoms. The van der Waals surface area contributed by atoms with Crippen molar-refractivity contribution in [2.24, 2.45) is 21.8 Å². The molecule has 3 N–H and O–H groups in total. The summed E-state index contributed by atoms with van der Waals surface area (Å²) in [5.41, 5.74) is 5.37. The minimum absolute atomic E-state index is 0.0918. The van der Waals surface area contributed by atoms with Gasteiger partial charge in [0.2, 0.25) is 17.7 Å². The van der Waals surface area contributed by atoms with Crippen molar-refractivity contribution >= 4 is 92.3 Å². The first kappa shape index (κ1) is 53.2. The first-order valence-corrected chi connectivity index (χ1v) is 26.5. The van der Waals surface area contributed by atoms with E-state index in [0.29, 0.717) is 89.2 Å². The van der Waals surface area contributed by atoms with E-state index in [0.717, 1.165) is 22.5 Å². The fraction of sp³-hybridized carbons (Fsp3) is 0.411. The van der Waals surface area contributed by atoms with Crippen molar-refractivity contribution in [1.29, 1.82) is 0 Å². The van der Waals surface area contributed by atoms with Crippen LogP contribution in [0.5, 0.6) is 23.0 Å². The van der Waals surface area contributed by atoms with E-state index in [1.54, 1.807) is 73.2 Å². The zero-order valence-electron chi connectivity index (χ0n) is 43.1. The zero-order chi connectivity index (χ0) is 53.8. The number of benzene rings is 3. The van der Waals surface area contributed by atoms with Gasteiger partial charge in [-0.05, 0) is 108 Å². The van der Waals surface area contributed by atoms with E-state index in [1.165, 1.54) is 38.7 Å². The Hall–Kier alpha value is -7.61. The Morgan fingerprint density at radius 1 is 0.711 bits per heavy atom. The topological polar surface area (TPSA) is 227 Å². The second-order valence-electron chi connectivity index (χ2n) is 19.9. The molecule has 1 saturated carbocycles. The van der Waals surface area contributed by atoms with Crippen molar-refractivity contribution in [3.05, 3.63) is 93.8 Å². The summed E-state index contributed by atoms with van der Waals surface area (Å²) in [6, 6.07) is 11.7. The number of fused-ring (bicyclic) bond motifs is 4. The maximum atomic E-state index is 14.1. The summed E-state index contributed by atoms with van der Waals surface area (Å²) in [4.78, 5) is 105. The molecule has 5 aliphatic heterocycles. The Balaban J connectivity index is 0.734. The summed E-state index contributed by atoms with van der Waals surface area (Å²) in [6.45, 7) is 5.96. The standard InChI is InChI=1S/C56H61BrN8O11/c1-31(2)51(62-49(66)10-7-6-8-17-63-50(67)24-42(57)56(63)72)53(69)60-32(3)52(68)61-37-15-13-34(14-16-37)36-21-39-28-59-44-26-48(46(74-5)23-41(44)55(71)65(39)30-36)76-19-9-18-75-47-25-43-40(22-45(47)73-4)54(70)64-29-35(33-11-12-33)20-38(64)27-58-43/h13-16,22-33,38-39,51H,6-12,17-21H2,1-5H3,(H,60,69)(H,61,68)(H,62,66)/t32-,38-,39-,51-/m1/s1. The number of unbranched alkanes of at least 4 members (excludes halogenated alkanes) is 2. The van der Waals surface area contributed by atoms with Gasteiger partial charge >= 0.3 is 0 Å². The van der Waals surface area contributed by atoms with Crippen LogP contribution >= 0.6 is 15.9 Å². The average Bonchev–Trinajstić information content (AvgIpc) is 4.05. The SMILES string of the molecule is COc1cc2c(cc1OCCCOc1cc3c(cc1OC)C(=O)N1C=C(C4CC4)C[C@@H]1C=N3)N=C[C@H]1CC(c3ccc(NC(=O)[C@@H](C)NC(=O)[C@H](NC(=O)CCCCCN4C(=O)C=C(Br)C4=O)C(C)C)cc3)=CN1C2=O. The van der Waals surface area contributed by atoms with Crippen LogP contribution in [0.25, 0.3) is 5.57 Å². The molecule has 3 aromatic carbocycles. The number of ether oxygens (including phenoxy) is 4. The number of nitrogens with zero attached hydrogens (tertiary/aromatic N) is 5. The quantitative estimate of drug-likeness (QED) is 0.0658. The largest absolute Gasteiger partial charge is 0.493 e. The number of amides is 7. The zero-order valence-corrected chi connectivity index (χ0v) is 44.6. The van der Waals surface area contributed by atoms with Crippen LogP contribution in [0.1, 0.15) is 105 Å². The highest BCUT2D eigenvalue weighted by Crippen LogP contribution is 2.45. The summed E-state index contributed by atoms with van der Waals surface area (Å²) < 4.78 is 23.8.